The number of para-hydroxylation sites is 1. The molecule has 0 fully saturated rings. The molecule has 28 heavy (non-hydrogen) atoms. The van der Waals surface area contributed by atoms with Crippen molar-refractivity contribution in [3.8, 4) is 5.75 Å². The van der Waals surface area contributed by atoms with Crippen molar-refractivity contribution < 1.29 is 14.6 Å². The van der Waals surface area contributed by atoms with E-state index < -0.39 is 6.04 Å². The SMILES string of the molecule is C[C@@H]1C=Cc2cc(I)cc(C(=O)NC(CO)Cc3c[nH]c4ccccc34)c2O1. The molecule has 1 aliphatic heterocycles. The molecule has 6 heteroatoms. The van der Waals surface area contributed by atoms with Gasteiger partial charge >= 0.3 is 0 Å². The predicted octanol–water partition coefficient (Wildman–Crippen LogP) is 3.90. The van der Waals surface area contributed by atoms with Crippen LogP contribution in [0.2, 0.25) is 0 Å². The van der Waals surface area contributed by atoms with E-state index in [2.05, 4.69) is 32.9 Å². The number of H-pyrrole nitrogens is 1. The van der Waals surface area contributed by atoms with Crippen LogP contribution in [0, 0.1) is 3.57 Å². The van der Waals surface area contributed by atoms with Gasteiger partial charge in [-0.15, -0.1) is 0 Å². The Morgan fingerprint density at radius 3 is 3.00 bits per heavy atom. The molecule has 0 saturated carbocycles. The molecular formula is C22H21IN2O3. The average molecular weight is 488 g/mol. The zero-order valence-electron chi connectivity index (χ0n) is 15.4. The van der Waals surface area contributed by atoms with Crippen molar-refractivity contribution in [2.24, 2.45) is 0 Å². The number of hydrogen-bond acceptors (Lipinski definition) is 3. The Kier molecular flexibility index (Phi) is 5.41. The van der Waals surface area contributed by atoms with Gasteiger partial charge < -0.3 is 20.1 Å². The minimum absolute atomic E-state index is 0.0843. The molecular weight excluding hydrogens is 467 g/mol. The highest BCUT2D eigenvalue weighted by atomic mass is 127. The second kappa shape index (κ2) is 7.97. The fourth-order valence-corrected chi connectivity index (χ4v) is 4.14. The van der Waals surface area contributed by atoms with Crippen molar-refractivity contribution in [3.05, 3.63) is 68.9 Å². The smallest absolute Gasteiger partial charge is 0.255 e. The highest BCUT2D eigenvalue weighted by Crippen LogP contribution is 2.32. The number of fused-ring (bicyclic) bond motifs is 2. The van der Waals surface area contributed by atoms with Crippen molar-refractivity contribution >= 4 is 45.5 Å². The topological polar surface area (TPSA) is 74.4 Å². The molecule has 1 aliphatic rings. The lowest BCUT2D eigenvalue weighted by atomic mass is 10.0. The van der Waals surface area contributed by atoms with E-state index in [-0.39, 0.29) is 18.6 Å². The molecule has 144 valence electrons. The second-order valence-electron chi connectivity index (χ2n) is 6.97. The number of aromatic amines is 1. The van der Waals surface area contributed by atoms with Gasteiger partial charge in [-0.05, 0) is 65.8 Å². The number of aromatic nitrogens is 1. The number of nitrogens with one attached hydrogen (secondary N) is 2. The van der Waals surface area contributed by atoms with Crippen molar-refractivity contribution in [1.82, 2.24) is 10.3 Å². The lowest BCUT2D eigenvalue weighted by Crippen LogP contribution is -2.39. The van der Waals surface area contributed by atoms with Crippen LogP contribution in [0.25, 0.3) is 17.0 Å². The van der Waals surface area contributed by atoms with Crippen LogP contribution in [0.1, 0.15) is 28.4 Å². The lowest BCUT2D eigenvalue weighted by Gasteiger charge is -2.23. The van der Waals surface area contributed by atoms with E-state index in [1.165, 1.54) is 0 Å². The van der Waals surface area contributed by atoms with Gasteiger partial charge in [-0.1, -0.05) is 24.3 Å². The maximum Gasteiger partial charge on any atom is 0.255 e. The molecule has 1 aromatic heterocycles. The molecule has 2 heterocycles. The quantitative estimate of drug-likeness (QED) is 0.477. The summed E-state index contributed by atoms with van der Waals surface area (Å²) in [5.74, 6) is 0.354. The first-order chi connectivity index (χ1) is 13.5. The van der Waals surface area contributed by atoms with E-state index in [9.17, 15) is 9.90 Å². The third kappa shape index (κ3) is 3.79. The minimum Gasteiger partial charge on any atom is -0.485 e. The monoisotopic (exact) mass is 488 g/mol. The highest BCUT2D eigenvalue weighted by Gasteiger charge is 2.23. The molecule has 0 bridgehead atoms. The van der Waals surface area contributed by atoms with E-state index in [4.69, 9.17) is 4.74 Å². The maximum absolute atomic E-state index is 13.0. The van der Waals surface area contributed by atoms with Crippen LogP contribution in [0.3, 0.4) is 0 Å². The molecule has 0 saturated heterocycles. The van der Waals surface area contributed by atoms with Gasteiger partial charge in [-0.3, -0.25) is 4.79 Å². The summed E-state index contributed by atoms with van der Waals surface area (Å²) in [5.41, 5.74) is 3.50. The first kappa shape index (κ1) is 19.0. The predicted molar refractivity (Wildman–Crippen MR) is 119 cm³/mol. The lowest BCUT2D eigenvalue weighted by molar-refractivity contribution is 0.0911. The highest BCUT2D eigenvalue weighted by molar-refractivity contribution is 14.1. The summed E-state index contributed by atoms with van der Waals surface area (Å²) in [6.45, 7) is 1.79. The molecule has 0 radical (unpaired) electrons. The zero-order valence-corrected chi connectivity index (χ0v) is 17.6. The Labute approximate surface area is 176 Å². The number of ether oxygens (including phenoxy) is 1. The molecule has 0 aliphatic carbocycles. The van der Waals surface area contributed by atoms with E-state index in [1.54, 1.807) is 0 Å². The summed E-state index contributed by atoms with van der Waals surface area (Å²) in [6, 6.07) is 11.4. The molecule has 4 rings (SSSR count). The Bertz CT molecular complexity index is 1060. The summed E-state index contributed by atoms with van der Waals surface area (Å²) in [7, 11) is 0. The van der Waals surface area contributed by atoms with Gasteiger partial charge in [0, 0.05) is 26.2 Å². The molecule has 2 atom stereocenters. The van der Waals surface area contributed by atoms with E-state index >= 15 is 0 Å². The number of amides is 1. The number of carbonyl (C=O) groups excluding carboxylic acids is 1. The zero-order chi connectivity index (χ0) is 19.7. The van der Waals surface area contributed by atoms with Gasteiger partial charge in [-0.25, -0.2) is 0 Å². The van der Waals surface area contributed by atoms with Gasteiger partial charge in [-0.2, -0.15) is 0 Å². The van der Waals surface area contributed by atoms with E-state index in [0.29, 0.717) is 17.7 Å². The maximum atomic E-state index is 13.0. The average Bonchev–Trinajstić information content (AvgIpc) is 3.10. The summed E-state index contributed by atoms with van der Waals surface area (Å²) < 4.78 is 6.86. The minimum atomic E-state index is -0.392. The molecule has 3 aromatic rings. The third-order valence-corrected chi connectivity index (χ3v) is 5.50. The van der Waals surface area contributed by atoms with Crippen molar-refractivity contribution in [2.45, 2.75) is 25.5 Å². The number of aliphatic hydroxyl groups is 1. The second-order valence-corrected chi connectivity index (χ2v) is 8.22. The normalized spacial score (nSPS) is 16.5. The van der Waals surface area contributed by atoms with Crippen LogP contribution in [-0.4, -0.2) is 34.8 Å². The van der Waals surface area contributed by atoms with Gasteiger partial charge in [0.25, 0.3) is 5.91 Å². The number of halogens is 1. The Morgan fingerprint density at radius 1 is 1.36 bits per heavy atom. The van der Waals surface area contributed by atoms with E-state index in [0.717, 1.165) is 25.6 Å². The number of carbonyl (C=O) groups is 1. The van der Waals surface area contributed by atoms with Crippen LogP contribution in [0.4, 0.5) is 0 Å². The van der Waals surface area contributed by atoms with Crippen LogP contribution in [0.15, 0.2) is 48.7 Å². The van der Waals surface area contributed by atoms with Gasteiger partial charge in [0.1, 0.15) is 11.9 Å². The number of benzene rings is 2. The third-order valence-electron chi connectivity index (χ3n) is 4.87. The molecule has 1 amide bonds. The fourth-order valence-electron chi connectivity index (χ4n) is 3.49. The van der Waals surface area contributed by atoms with Crippen molar-refractivity contribution in [3.63, 3.8) is 0 Å². The van der Waals surface area contributed by atoms with Crippen LogP contribution < -0.4 is 10.1 Å². The largest absolute Gasteiger partial charge is 0.485 e. The summed E-state index contributed by atoms with van der Waals surface area (Å²) in [5, 5.41) is 13.9. The van der Waals surface area contributed by atoms with Gasteiger partial charge in [0.2, 0.25) is 0 Å². The van der Waals surface area contributed by atoms with Gasteiger partial charge in [0.15, 0.2) is 0 Å². The molecule has 5 nitrogen and oxygen atoms in total. The fraction of sp³-hybridized carbons (Fsp3) is 0.227. The summed E-state index contributed by atoms with van der Waals surface area (Å²) in [4.78, 5) is 16.2. The summed E-state index contributed by atoms with van der Waals surface area (Å²) >= 11 is 2.20. The summed E-state index contributed by atoms with van der Waals surface area (Å²) in [6.07, 6.45) is 6.34. The number of aliphatic hydroxyl groups excluding tert-OH is 1. The first-order valence-corrected chi connectivity index (χ1v) is 10.3. The number of rotatable bonds is 5. The Hall–Kier alpha value is -2.32. The molecule has 3 N–H and O–H groups in total. The Balaban J connectivity index is 1.57. The first-order valence-electron chi connectivity index (χ1n) is 9.20. The molecule has 0 spiro atoms. The Morgan fingerprint density at radius 2 is 2.18 bits per heavy atom. The standard InChI is InChI=1S/C22H21IN2O3/c1-13-6-7-14-8-16(23)10-19(21(14)28-13)22(27)25-17(12-26)9-15-11-24-20-5-3-2-4-18(15)20/h2-8,10-11,13,17,24,26H,9,12H2,1H3,(H,25,27)/t13-,17?/m1/s1. The van der Waals surface area contributed by atoms with Gasteiger partial charge in [0.05, 0.1) is 18.2 Å². The van der Waals surface area contributed by atoms with E-state index in [1.807, 2.05) is 61.7 Å². The van der Waals surface area contributed by atoms with Crippen LogP contribution in [-0.2, 0) is 6.42 Å². The van der Waals surface area contributed by atoms with Crippen LogP contribution >= 0.6 is 22.6 Å². The number of hydrogen-bond donors (Lipinski definition) is 3. The van der Waals surface area contributed by atoms with Crippen molar-refractivity contribution in [2.75, 3.05) is 6.61 Å². The molecule has 2 aromatic carbocycles. The van der Waals surface area contributed by atoms with Crippen molar-refractivity contribution in [1.29, 1.82) is 0 Å². The molecule has 1 unspecified atom stereocenters. The van der Waals surface area contributed by atoms with Crippen LogP contribution in [0.5, 0.6) is 5.75 Å².